The maximum Gasteiger partial charge on any atom is 0.407 e. The highest BCUT2D eigenvalue weighted by Crippen LogP contribution is 2.06. The Morgan fingerprint density at radius 3 is 2.29 bits per heavy atom. The van der Waals surface area contributed by atoms with E-state index in [2.05, 4.69) is 25.7 Å². The number of amides is 1. The molecule has 0 aliphatic heterocycles. The summed E-state index contributed by atoms with van der Waals surface area (Å²) in [7, 11) is 1.36. The molecule has 1 amide bonds. The second kappa shape index (κ2) is 11.5. The number of guanidine groups is 1. The average molecular weight is 344 g/mol. The lowest BCUT2D eigenvalue weighted by Gasteiger charge is -2.19. The molecule has 0 aromatic carbocycles. The summed E-state index contributed by atoms with van der Waals surface area (Å²) in [5, 5.41) is 8.95. The molecule has 0 aliphatic rings. The van der Waals surface area contributed by atoms with Crippen LogP contribution in [-0.4, -0.2) is 56.9 Å². The fourth-order valence-corrected chi connectivity index (χ4v) is 1.65. The molecule has 140 valence electrons. The minimum Gasteiger partial charge on any atom is -0.469 e. The second-order valence-corrected chi connectivity index (χ2v) is 6.35. The van der Waals surface area contributed by atoms with E-state index < -0.39 is 11.7 Å². The lowest BCUT2D eigenvalue weighted by Crippen LogP contribution is -2.39. The molecule has 0 fully saturated rings. The first-order valence-electron chi connectivity index (χ1n) is 8.26. The number of carbonyl (C=O) groups excluding carboxylic acids is 2. The Morgan fingerprint density at radius 2 is 1.75 bits per heavy atom. The molecule has 1 unspecified atom stereocenters. The highest BCUT2D eigenvalue weighted by atomic mass is 16.6. The van der Waals surface area contributed by atoms with E-state index >= 15 is 0 Å². The number of hydrogen-bond acceptors (Lipinski definition) is 5. The van der Waals surface area contributed by atoms with Crippen molar-refractivity contribution in [2.45, 2.75) is 46.6 Å². The molecule has 8 heteroatoms. The van der Waals surface area contributed by atoms with Gasteiger partial charge in [-0.05, 0) is 34.1 Å². The van der Waals surface area contributed by atoms with Gasteiger partial charge in [-0.2, -0.15) is 0 Å². The molecule has 0 saturated heterocycles. The molecule has 1 atom stereocenters. The van der Waals surface area contributed by atoms with Crippen LogP contribution in [0.5, 0.6) is 0 Å². The van der Waals surface area contributed by atoms with Crippen molar-refractivity contribution in [3.05, 3.63) is 0 Å². The number of methoxy groups -OCH3 is 1. The minimum absolute atomic E-state index is 0.281. The Labute approximate surface area is 144 Å². The second-order valence-electron chi connectivity index (χ2n) is 6.35. The number of nitrogens with zero attached hydrogens (tertiary/aromatic N) is 1. The standard InChI is InChI=1S/C16H32N4O4/c1-7-17-14(20-11-12(2)13(21)23-6)18-9-8-10-19-15(22)24-16(3,4)5/h12H,7-11H2,1-6H3,(H,19,22)(H2,17,18,20). The smallest absolute Gasteiger partial charge is 0.407 e. The molecule has 0 radical (unpaired) electrons. The van der Waals surface area contributed by atoms with Crippen LogP contribution in [0.2, 0.25) is 0 Å². The van der Waals surface area contributed by atoms with Crippen LogP contribution < -0.4 is 16.0 Å². The Bertz CT molecular complexity index is 419. The molecule has 0 heterocycles. The molecule has 0 aromatic heterocycles. The van der Waals surface area contributed by atoms with Crippen LogP contribution in [0.25, 0.3) is 0 Å². The van der Waals surface area contributed by atoms with Gasteiger partial charge in [-0.15, -0.1) is 0 Å². The fourth-order valence-electron chi connectivity index (χ4n) is 1.65. The van der Waals surface area contributed by atoms with Crippen molar-refractivity contribution < 1.29 is 19.1 Å². The highest BCUT2D eigenvalue weighted by Gasteiger charge is 2.15. The van der Waals surface area contributed by atoms with Crippen LogP contribution in [0.3, 0.4) is 0 Å². The molecule has 8 nitrogen and oxygen atoms in total. The number of aliphatic imine (C=N–C) groups is 1. The molecule has 24 heavy (non-hydrogen) atoms. The van der Waals surface area contributed by atoms with E-state index in [1.165, 1.54) is 7.11 Å². The van der Waals surface area contributed by atoms with Gasteiger partial charge in [-0.3, -0.25) is 9.79 Å². The van der Waals surface area contributed by atoms with E-state index in [0.29, 0.717) is 32.1 Å². The fraction of sp³-hybridized carbons (Fsp3) is 0.812. The van der Waals surface area contributed by atoms with Crippen molar-refractivity contribution in [1.82, 2.24) is 16.0 Å². The lowest BCUT2D eigenvalue weighted by molar-refractivity contribution is -0.144. The van der Waals surface area contributed by atoms with E-state index in [1.807, 2.05) is 27.7 Å². The van der Waals surface area contributed by atoms with Gasteiger partial charge in [0.25, 0.3) is 0 Å². The van der Waals surface area contributed by atoms with Crippen molar-refractivity contribution in [3.8, 4) is 0 Å². The topological polar surface area (TPSA) is 101 Å². The van der Waals surface area contributed by atoms with Gasteiger partial charge in [0.15, 0.2) is 5.96 Å². The number of hydrogen-bond donors (Lipinski definition) is 3. The van der Waals surface area contributed by atoms with Crippen molar-refractivity contribution in [2.24, 2.45) is 10.9 Å². The van der Waals surface area contributed by atoms with Crippen molar-refractivity contribution in [3.63, 3.8) is 0 Å². The summed E-state index contributed by atoms with van der Waals surface area (Å²) in [6, 6.07) is 0. The van der Waals surface area contributed by atoms with Gasteiger partial charge < -0.3 is 25.4 Å². The molecule has 3 N–H and O–H groups in total. The van der Waals surface area contributed by atoms with E-state index in [1.54, 1.807) is 6.92 Å². The third-order valence-electron chi connectivity index (χ3n) is 2.79. The van der Waals surface area contributed by atoms with Gasteiger partial charge in [0.05, 0.1) is 19.6 Å². The van der Waals surface area contributed by atoms with Gasteiger partial charge in [-0.25, -0.2) is 4.79 Å². The van der Waals surface area contributed by atoms with Crippen LogP contribution in [0.15, 0.2) is 4.99 Å². The van der Waals surface area contributed by atoms with Gasteiger partial charge in [0, 0.05) is 19.6 Å². The highest BCUT2D eigenvalue weighted by molar-refractivity contribution is 5.80. The van der Waals surface area contributed by atoms with Crippen LogP contribution in [0.1, 0.15) is 41.0 Å². The Kier molecular flexibility index (Phi) is 10.6. The van der Waals surface area contributed by atoms with E-state index in [-0.39, 0.29) is 11.9 Å². The summed E-state index contributed by atoms with van der Waals surface area (Å²) < 4.78 is 9.82. The van der Waals surface area contributed by atoms with Crippen molar-refractivity contribution >= 4 is 18.0 Å². The summed E-state index contributed by atoms with van der Waals surface area (Å²) >= 11 is 0. The zero-order valence-electron chi connectivity index (χ0n) is 15.7. The number of carbonyl (C=O) groups is 2. The number of esters is 1. The van der Waals surface area contributed by atoms with Crippen LogP contribution in [-0.2, 0) is 14.3 Å². The molecular weight excluding hydrogens is 312 g/mol. The van der Waals surface area contributed by atoms with Crippen LogP contribution in [0.4, 0.5) is 4.79 Å². The molecule has 0 aliphatic carbocycles. The van der Waals surface area contributed by atoms with E-state index in [0.717, 1.165) is 6.42 Å². The Balaban J connectivity index is 4.09. The molecule has 0 bridgehead atoms. The first-order chi connectivity index (χ1) is 11.2. The van der Waals surface area contributed by atoms with Crippen LogP contribution >= 0.6 is 0 Å². The zero-order valence-corrected chi connectivity index (χ0v) is 15.7. The average Bonchev–Trinajstić information content (AvgIpc) is 2.49. The molecule has 0 rings (SSSR count). The third-order valence-corrected chi connectivity index (χ3v) is 2.79. The molecular formula is C16H32N4O4. The lowest BCUT2D eigenvalue weighted by atomic mass is 10.2. The Hall–Kier alpha value is -1.99. The molecule has 0 saturated carbocycles. The monoisotopic (exact) mass is 344 g/mol. The summed E-state index contributed by atoms with van der Waals surface area (Å²) in [5.74, 6) is 0.0565. The van der Waals surface area contributed by atoms with Gasteiger partial charge in [0.1, 0.15) is 5.60 Å². The van der Waals surface area contributed by atoms with E-state index in [4.69, 9.17) is 4.74 Å². The largest absolute Gasteiger partial charge is 0.469 e. The minimum atomic E-state index is -0.496. The maximum absolute atomic E-state index is 11.5. The number of nitrogens with one attached hydrogen (secondary N) is 3. The summed E-state index contributed by atoms with van der Waals surface area (Å²) in [5.41, 5.74) is -0.496. The number of rotatable bonds is 8. The van der Waals surface area contributed by atoms with Gasteiger partial charge in [-0.1, -0.05) is 6.92 Å². The zero-order chi connectivity index (χ0) is 18.6. The summed E-state index contributed by atoms with van der Waals surface area (Å²) in [6.07, 6.45) is 0.297. The Morgan fingerprint density at radius 1 is 1.12 bits per heavy atom. The third kappa shape index (κ3) is 11.6. The van der Waals surface area contributed by atoms with Crippen molar-refractivity contribution in [1.29, 1.82) is 0 Å². The van der Waals surface area contributed by atoms with E-state index in [9.17, 15) is 9.59 Å². The SMILES string of the molecule is CCNC(=NCC(C)C(=O)OC)NCCCNC(=O)OC(C)(C)C. The summed E-state index contributed by atoms with van der Waals surface area (Å²) in [6.45, 7) is 11.4. The normalized spacial score (nSPS) is 13.0. The first kappa shape index (κ1) is 22.0. The quantitative estimate of drug-likeness (QED) is 0.265. The maximum atomic E-state index is 11.5. The predicted octanol–water partition coefficient (Wildman–Crippen LogP) is 1.27. The predicted molar refractivity (Wildman–Crippen MR) is 94.0 cm³/mol. The first-order valence-corrected chi connectivity index (χ1v) is 8.26. The number of alkyl carbamates (subject to hydrolysis) is 1. The molecule has 0 spiro atoms. The van der Waals surface area contributed by atoms with Gasteiger partial charge >= 0.3 is 12.1 Å². The summed E-state index contributed by atoms with van der Waals surface area (Å²) in [4.78, 5) is 27.2. The number of ether oxygens (including phenoxy) is 2. The van der Waals surface area contributed by atoms with Crippen LogP contribution in [0, 0.1) is 5.92 Å². The molecule has 0 aromatic rings. The van der Waals surface area contributed by atoms with Crippen molar-refractivity contribution in [2.75, 3.05) is 33.3 Å². The van der Waals surface area contributed by atoms with Gasteiger partial charge in [0.2, 0.25) is 0 Å².